The lowest BCUT2D eigenvalue weighted by Crippen LogP contribution is -2.49. The van der Waals surface area contributed by atoms with Gasteiger partial charge in [0.25, 0.3) is 5.91 Å². The van der Waals surface area contributed by atoms with Gasteiger partial charge in [-0.1, -0.05) is 17.7 Å². The number of hydrogen-bond acceptors (Lipinski definition) is 8. The number of thiophene rings is 1. The molecule has 0 aliphatic carbocycles. The molecule has 220 valence electrons. The van der Waals surface area contributed by atoms with Crippen molar-refractivity contribution in [1.29, 1.82) is 5.41 Å². The summed E-state index contributed by atoms with van der Waals surface area (Å²) in [6, 6.07) is 14.8. The first-order chi connectivity index (χ1) is 20.1. The van der Waals surface area contributed by atoms with Crippen LogP contribution in [-0.4, -0.2) is 66.6 Å². The number of nitrogens with zero attached hydrogens (tertiary/aromatic N) is 1. The smallest absolute Gasteiger partial charge is 0.251 e. The van der Waals surface area contributed by atoms with Crippen molar-refractivity contribution < 1.29 is 28.6 Å². The van der Waals surface area contributed by atoms with Gasteiger partial charge in [-0.15, -0.1) is 11.3 Å². The van der Waals surface area contributed by atoms with E-state index < -0.39 is 23.6 Å². The maximum Gasteiger partial charge on any atom is 0.251 e. The zero-order valence-electron chi connectivity index (χ0n) is 23.3. The Morgan fingerprint density at radius 2 is 1.74 bits per heavy atom. The van der Waals surface area contributed by atoms with Crippen LogP contribution < -0.4 is 21.1 Å². The van der Waals surface area contributed by atoms with Crippen LogP contribution in [0.25, 0.3) is 0 Å². The number of nitrogens with one attached hydrogen (secondary N) is 3. The van der Waals surface area contributed by atoms with Gasteiger partial charge in [-0.3, -0.25) is 19.8 Å². The third kappa shape index (κ3) is 6.62. The predicted molar refractivity (Wildman–Crippen MR) is 157 cm³/mol. The molecule has 3 heterocycles. The van der Waals surface area contributed by atoms with Gasteiger partial charge in [-0.2, -0.15) is 0 Å². The number of benzene rings is 2. The third-order valence-electron chi connectivity index (χ3n) is 7.22. The maximum absolute atomic E-state index is 13.4. The van der Waals surface area contributed by atoms with Crippen LogP contribution in [0.15, 0.2) is 60.0 Å². The van der Waals surface area contributed by atoms with E-state index in [0.717, 1.165) is 10.4 Å². The highest BCUT2D eigenvalue weighted by atomic mass is 32.1. The highest BCUT2D eigenvalue weighted by molar-refractivity contribution is 7.10. The van der Waals surface area contributed by atoms with Gasteiger partial charge in [0.1, 0.15) is 23.4 Å². The van der Waals surface area contributed by atoms with E-state index in [9.17, 15) is 14.4 Å². The van der Waals surface area contributed by atoms with Gasteiger partial charge in [0, 0.05) is 27.8 Å². The number of likely N-dealkylation sites (tertiary alicyclic amines) is 1. The normalized spacial score (nSPS) is 18.0. The molecule has 2 aromatic carbocycles. The second kappa shape index (κ2) is 12.3. The Hall–Kier alpha value is -4.26. The van der Waals surface area contributed by atoms with Crippen LogP contribution in [0.4, 0.5) is 0 Å². The molecule has 5 N–H and O–H groups in total. The molecule has 2 saturated heterocycles. The number of carbonyl (C=O) groups is 3. The van der Waals surface area contributed by atoms with Crippen LogP contribution in [0.2, 0.25) is 0 Å². The zero-order chi connectivity index (χ0) is 29.9. The molecule has 42 heavy (non-hydrogen) atoms. The third-order valence-corrected chi connectivity index (χ3v) is 8.33. The van der Waals surface area contributed by atoms with Crippen molar-refractivity contribution in [2.24, 2.45) is 5.73 Å². The molecule has 2 aliphatic heterocycles. The van der Waals surface area contributed by atoms with Gasteiger partial charge in [0.15, 0.2) is 5.79 Å². The lowest BCUT2D eigenvalue weighted by molar-refractivity contribution is -0.152. The van der Waals surface area contributed by atoms with Crippen molar-refractivity contribution >= 4 is 34.9 Å². The van der Waals surface area contributed by atoms with Crippen molar-refractivity contribution in [3.63, 3.8) is 0 Å². The summed E-state index contributed by atoms with van der Waals surface area (Å²) in [6.45, 7) is 4.33. The molecule has 11 nitrogen and oxygen atoms in total. The Labute approximate surface area is 247 Å². The van der Waals surface area contributed by atoms with Crippen LogP contribution in [0, 0.1) is 12.3 Å². The number of nitrogens with two attached hydrogens (primary N) is 1. The predicted octanol–water partition coefficient (Wildman–Crippen LogP) is 3.08. The SMILES string of the molecule is Cc1ccc(Oc2ccc(C(=O)NCC(=O)N3CC4(C[C@H]3C(=O)N[C@H](C)c3cc(C(=N)N)cs3)OCCO4)cc2)cc1. The molecule has 2 aliphatic rings. The highest BCUT2D eigenvalue weighted by Crippen LogP contribution is 2.35. The van der Waals surface area contributed by atoms with Gasteiger partial charge >= 0.3 is 0 Å². The molecule has 1 spiro atoms. The number of nitrogen functional groups attached to an aromatic ring is 1. The number of ether oxygens (including phenoxy) is 3. The number of aryl methyl sites for hydroxylation is 1. The fraction of sp³-hybridized carbons (Fsp3) is 0.333. The first kappa shape index (κ1) is 29.2. The summed E-state index contributed by atoms with van der Waals surface area (Å²) in [6.07, 6.45) is 0.177. The molecular weight excluding hydrogens is 558 g/mol. The second-order valence-electron chi connectivity index (χ2n) is 10.4. The second-order valence-corrected chi connectivity index (χ2v) is 11.3. The summed E-state index contributed by atoms with van der Waals surface area (Å²) in [4.78, 5) is 41.7. The fourth-order valence-corrected chi connectivity index (χ4v) is 5.84. The van der Waals surface area contributed by atoms with Gasteiger partial charge in [-0.25, -0.2) is 0 Å². The lowest BCUT2D eigenvalue weighted by Gasteiger charge is -2.25. The number of amides is 3. The quantitative estimate of drug-likeness (QED) is 0.220. The number of amidine groups is 1. The summed E-state index contributed by atoms with van der Waals surface area (Å²) in [5.41, 5.74) is 7.64. The molecule has 12 heteroatoms. The molecule has 0 bridgehead atoms. The Morgan fingerprint density at radius 1 is 1.10 bits per heavy atom. The van der Waals surface area contributed by atoms with E-state index in [-0.39, 0.29) is 37.3 Å². The molecule has 0 radical (unpaired) electrons. The Bertz CT molecular complexity index is 1470. The molecule has 0 saturated carbocycles. The van der Waals surface area contributed by atoms with E-state index in [0.29, 0.717) is 35.8 Å². The summed E-state index contributed by atoms with van der Waals surface area (Å²) in [5, 5.41) is 15.0. The van der Waals surface area contributed by atoms with Gasteiger partial charge in [0.05, 0.1) is 32.3 Å². The Kier molecular flexibility index (Phi) is 8.57. The number of rotatable bonds is 9. The van der Waals surface area contributed by atoms with Gasteiger partial charge in [-0.05, 0) is 56.3 Å². The summed E-state index contributed by atoms with van der Waals surface area (Å²) in [7, 11) is 0. The Morgan fingerprint density at radius 3 is 2.36 bits per heavy atom. The van der Waals surface area contributed by atoms with Crippen LogP contribution >= 0.6 is 11.3 Å². The van der Waals surface area contributed by atoms with E-state index in [1.165, 1.54) is 16.2 Å². The Balaban J connectivity index is 1.20. The summed E-state index contributed by atoms with van der Waals surface area (Å²) >= 11 is 1.39. The van der Waals surface area contributed by atoms with E-state index in [1.807, 2.05) is 38.1 Å². The zero-order valence-corrected chi connectivity index (χ0v) is 24.2. The van der Waals surface area contributed by atoms with Crippen LogP contribution in [0.3, 0.4) is 0 Å². The monoisotopic (exact) mass is 591 g/mol. The first-order valence-electron chi connectivity index (χ1n) is 13.6. The topological polar surface area (TPSA) is 156 Å². The number of carbonyl (C=O) groups excluding carboxylic acids is 3. The average molecular weight is 592 g/mol. The molecule has 5 rings (SSSR count). The molecule has 2 atom stereocenters. The minimum atomic E-state index is -1.05. The minimum absolute atomic E-state index is 0.0466. The van der Waals surface area contributed by atoms with Crippen molar-refractivity contribution in [3.8, 4) is 11.5 Å². The van der Waals surface area contributed by atoms with Crippen molar-refractivity contribution in [2.75, 3.05) is 26.3 Å². The van der Waals surface area contributed by atoms with Gasteiger partial charge < -0.3 is 35.5 Å². The fourth-order valence-electron chi connectivity index (χ4n) is 4.92. The van der Waals surface area contributed by atoms with E-state index >= 15 is 0 Å². The largest absolute Gasteiger partial charge is 0.457 e. The summed E-state index contributed by atoms with van der Waals surface area (Å²) in [5.74, 6) is -1.06. The standard InChI is InChI=1S/C30H33N5O6S/c1-18-3-7-22(8-4-18)41-23-9-5-20(6-10-23)28(37)33-15-26(36)35-17-30(39-11-12-40-30)14-24(35)29(38)34-19(2)25-13-21(16-42-25)27(31)32/h3-10,13,16,19,24H,11-12,14-15,17H2,1-2H3,(H3,31,32)(H,33,37)(H,34,38)/t19-,24+/m1/s1. The first-order valence-corrected chi connectivity index (χ1v) is 14.4. The van der Waals surface area contributed by atoms with E-state index in [2.05, 4.69) is 10.6 Å². The lowest BCUT2D eigenvalue weighted by atomic mass is 10.1. The molecular formula is C30H33N5O6S. The molecule has 2 fully saturated rings. The van der Waals surface area contributed by atoms with E-state index in [4.69, 9.17) is 25.4 Å². The van der Waals surface area contributed by atoms with E-state index in [1.54, 1.807) is 35.7 Å². The van der Waals surface area contributed by atoms with Crippen LogP contribution in [0.1, 0.15) is 45.7 Å². The molecule has 3 aromatic rings. The minimum Gasteiger partial charge on any atom is -0.457 e. The maximum atomic E-state index is 13.4. The molecule has 3 amide bonds. The average Bonchev–Trinajstić information content (AvgIpc) is 3.74. The van der Waals surface area contributed by atoms with Gasteiger partial charge in [0.2, 0.25) is 11.8 Å². The molecule has 1 aromatic heterocycles. The van der Waals surface area contributed by atoms with Crippen molar-refractivity contribution in [3.05, 3.63) is 81.5 Å². The van der Waals surface area contributed by atoms with Crippen molar-refractivity contribution in [2.45, 2.75) is 38.1 Å². The van der Waals surface area contributed by atoms with Crippen LogP contribution in [-0.2, 0) is 19.1 Å². The van der Waals surface area contributed by atoms with Crippen molar-refractivity contribution in [1.82, 2.24) is 15.5 Å². The summed E-state index contributed by atoms with van der Waals surface area (Å²) < 4.78 is 17.4. The highest BCUT2D eigenvalue weighted by Gasteiger charge is 2.52. The number of hydrogen-bond donors (Lipinski definition) is 4. The van der Waals surface area contributed by atoms with Crippen LogP contribution in [0.5, 0.6) is 11.5 Å². The molecule has 0 unspecified atom stereocenters.